The molecule has 1 aromatic heterocycles. The molecular weight excluding hydrogens is 449 g/mol. The lowest BCUT2D eigenvalue weighted by atomic mass is 9.97. The zero-order chi connectivity index (χ0) is 17.2. The maximum absolute atomic E-state index is 12.0. The van der Waals surface area contributed by atoms with Gasteiger partial charge in [-0.15, -0.1) is 35.3 Å². The molecule has 0 bridgehead atoms. The van der Waals surface area contributed by atoms with Crippen LogP contribution < -0.4 is 16.0 Å². The molecule has 0 fully saturated rings. The van der Waals surface area contributed by atoms with Crippen molar-refractivity contribution in [3.05, 3.63) is 27.7 Å². The van der Waals surface area contributed by atoms with Crippen molar-refractivity contribution in [3.63, 3.8) is 0 Å². The van der Waals surface area contributed by atoms with Crippen LogP contribution in [-0.4, -0.2) is 43.5 Å². The van der Waals surface area contributed by atoms with Crippen LogP contribution in [0.3, 0.4) is 0 Å². The molecule has 6 nitrogen and oxygen atoms in total. The van der Waals surface area contributed by atoms with Gasteiger partial charge in [0.25, 0.3) is 5.91 Å². The molecule has 1 heterocycles. The fraction of sp³-hybridized carbons (Fsp3) is 0.588. The van der Waals surface area contributed by atoms with Crippen LogP contribution in [0.5, 0.6) is 0 Å². The first-order valence-corrected chi connectivity index (χ1v) is 9.39. The Morgan fingerprint density at radius 2 is 2.00 bits per heavy atom. The lowest BCUT2D eigenvalue weighted by molar-refractivity contribution is 0.0957. The first-order chi connectivity index (χ1) is 11.7. The Morgan fingerprint density at radius 3 is 2.64 bits per heavy atom. The summed E-state index contributed by atoms with van der Waals surface area (Å²) in [6.45, 7) is 3.91. The Bertz CT molecular complexity index is 600. The molecule has 0 saturated carbocycles. The summed E-state index contributed by atoms with van der Waals surface area (Å²) >= 11 is 1.37. The number of carbonyl (C=O) groups excluding carboxylic acids is 1. The Balaban J connectivity index is 0.00000312. The highest BCUT2D eigenvalue weighted by atomic mass is 127. The summed E-state index contributed by atoms with van der Waals surface area (Å²) in [6, 6.07) is 0. The van der Waals surface area contributed by atoms with Crippen molar-refractivity contribution in [3.8, 4) is 0 Å². The number of hydrogen-bond donors (Lipinski definition) is 3. The first-order valence-electron chi connectivity index (χ1n) is 8.51. The van der Waals surface area contributed by atoms with Crippen LogP contribution in [0.15, 0.2) is 22.2 Å². The van der Waals surface area contributed by atoms with Gasteiger partial charge in [0, 0.05) is 26.7 Å². The van der Waals surface area contributed by atoms with E-state index in [2.05, 4.69) is 32.0 Å². The van der Waals surface area contributed by atoms with Crippen LogP contribution in [0.25, 0.3) is 0 Å². The number of guanidine groups is 1. The third-order valence-electron chi connectivity index (χ3n) is 4.00. The van der Waals surface area contributed by atoms with E-state index in [1.54, 1.807) is 18.1 Å². The molecule has 2 rings (SSSR count). The van der Waals surface area contributed by atoms with Crippen LogP contribution in [-0.2, 0) is 0 Å². The summed E-state index contributed by atoms with van der Waals surface area (Å²) in [5.74, 6) is 0.707. The van der Waals surface area contributed by atoms with Gasteiger partial charge < -0.3 is 16.0 Å². The summed E-state index contributed by atoms with van der Waals surface area (Å²) in [5, 5.41) is 9.42. The molecule has 0 atom stereocenters. The van der Waals surface area contributed by atoms with Gasteiger partial charge in [-0.1, -0.05) is 11.6 Å². The average molecular weight is 477 g/mol. The van der Waals surface area contributed by atoms with Gasteiger partial charge in [0.05, 0.1) is 11.2 Å². The number of hydrogen-bond acceptors (Lipinski definition) is 4. The van der Waals surface area contributed by atoms with Gasteiger partial charge in [-0.2, -0.15) is 0 Å². The lowest BCUT2D eigenvalue weighted by Crippen LogP contribution is -2.41. The number of aliphatic imine (C=N–C) groups is 1. The number of nitrogens with zero attached hydrogens (tertiary/aromatic N) is 2. The number of aromatic nitrogens is 1. The van der Waals surface area contributed by atoms with E-state index in [0.717, 1.165) is 24.6 Å². The summed E-state index contributed by atoms with van der Waals surface area (Å²) in [5.41, 5.74) is 4.02. The monoisotopic (exact) mass is 477 g/mol. The molecule has 1 amide bonds. The Hall–Kier alpha value is -1.16. The average Bonchev–Trinajstić information content (AvgIpc) is 3.04. The minimum atomic E-state index is -0.0658. The van der Waals surface area contributed by atoms with Crippen LogP contribution in [0.2, 0.25) is 0 Å². The molecule has 0 saturated heterocycles. The number of carbonyl (C=O) groups is 1. The highest BCUT2D eigenvalue weighted by molar-refractivity contribution is 14.0. The van der Waals surface area contributed by atoms with Crippen LogP contribution in [0, 0.1) is 6.92 Å². The summed E-state index contributed by atoms with van der Waals surface area (Å²) in [4.78, 5) is 20.9. The molecule has 0 spiro atoms. The van der Waals surface area contributed by atoms with E-state index in [9.17, 15) is 4.79 Å². The van der Waals surface area contributed by atoms with Crippen molar-refractivity contribution in [2.45, 2.75) is 39.0 Å². The predicted octanol–water partition coefficient (Wildman–Crippen LogP) is 2.85. The Morgan fingerprint density at radius 1 is 1.24 bits per heavy atom. The molecule has 1 aliphatic rings. The van der Waals surface area contributed by atoms with Gasteiger partial charge in [0.15, 0.2) is 5.96 Å². The van der Waals surface area contributed by atoms with Crippen molar-refractivity contribution in [1.29, 1.82) is 0 Å². The molecule has 0 unspecified atom stereocenters. The maximum Gasteiger partial charge on any atom is 0.263 e. The van der Waals surface area contributed by atoms with Gasteiger partial charge in [-0.05, 0) is 39.0 Å². The normalized spacial score (nSPS) is 14.3. The topological polar surface area (TPSA) is 78.4 Å². The van der Waals surface area contributed by atoms with Crippen LogP contribution >= 0.6 is 35.3 Å². The van der Waals surface area contributed by atoms with E-state index in [0.29, 0.717) is 18.0 Å². The highest BCUT2D eigenvalue weighted by Gasteiger charge is 2.10. The molecule has 3 N–H and O–H groups in total. The quantitative estimate of drug-likeness (QED) is 0.186. The Kier molecular flexibility index (Phi) is 10.7. The summed E-state index contributed by atoms with van der Waals surface area (Å²) < 4.78 is 0. The van der Waals surface area contributed by atoms with Gasteiger partial charge >= 0.3 is 0 Å². The molecule has 0 radical (unpaired) electrons. The number of aryl methyl sites for hydroxylation is 1. The van der Waals surface area contributed by atoms with E-state index in [-0.39, 0.29) is 29.9 Å². The van der Waals surface area contributed by atoms with Crippen molar-refractivity contribution >= 4 is 47.2 Å². The fourth-order valence-electron chi connectivity index (χ4n) is 2.65. The number of rotatable bonds is 7. The molecular formula is C17H28IN5OS. The standard InChI is InChI=1S/C17H27N5OS.HI/c1-13-15(24-12-22-13)16(23)19-10-11-21-17(18-2)20-9-8-14-6-4-3-5-7-14;/h6,12H,3-5,7-11H2,1-2H3,(H,19,23)(H2,18,20,21);1H. The molecule has 8 heteroatoms. The lowest BCUT2D eigenvalue weighted by Gasteiger charge is -2.15. The second-order valence-electron chi connectivity index (χ2n) is 5.81. The van der Waals surface area contributed by atoms with Gasteiger partial charge in [0.2, 0.25) is 0 Å². The number of thiazole rings is 1. The molecule has 140 valence electrons. The molecule has 0 aliphatic heterocycles. The largest absolute Gasteiger partial charge is 0.356 e. The predicted molar refractivity (Wildman–Crippen MR) is 115 cm³/mol. The number of halogens is 1. The van der Waals surface area contributed by atoms with E-state index >= 15 is 0 Å². The highest BCUT2D eigenvalue weighted by Crippen LogP contribution is 2.19. The minimum Gasteiger partial charge on any atom is -0.356 e. The number of allylic oxidation sites excluding steroid dienone is 1. The van der Waals surface area contributed by atoms with E-state index in [1.165, 1.54) is 37.0 Å². The SMILES string of the molecule is CN=C(NCCNC(=O)c1scnc1C)NCCC1=CCCCC1.I. The number of amides is 1. The van der Waals surface area contributed by atoms with Crippen molar-refractivity contribution in [1.82, 2.24) is 20.9 Å². The van der Waals surface area contributed by atoms with Gasteiger partial charge in [0.1, 0.15) is 4.88 Å². The molecule has 0 aromatic carbocycles. The first kappa shape index (κ1) is 21.9. The minimum absolute atomic E-state index is 0. The van der Waals surface area contributed by atoms with Crippen molar-refractivity contribution in [2.24, 2.45) is 4.99 Å². The van der Waals surface area contributed by atoms with Crippen molar-refractivity contribution < 1.29 is 4.79 Å². The van der Waals surface area contributed by atoms with Crippen LogP contribution in [0.4, 0.5) is 0 Å². The third kappa shape index (κ3) is 7.72. The van der Waals surface area contributed by atoms with Crippen molar-refractivity contribution in [2.75, 3.05) is 26.7 Å². The fourth-order valence-corrected chi connectivity index (χ4v) is 3.37. The van der Waals surface area contributed by atoms with Gasteiger partial charge in [-0.3, -0.25) is 9.79 Å². The smallest absolute Gasteiger partial charge is 0.263 e. The second kappa shape index (κ2) is 12.2. The second-order valence-corrected chi connectivity index (χ2v) is 6.66. The zero-order valence-electron chi connectivity index (χ0n) is 14.9. The zero-order valence-corrected chi connectivity index (χ0v) is 18.1. The van der Waals surface area contributed by atoms with E-state index in [1.807, 2.05) is 6.92 Å². The van der Waals surface area contributed by atoms with Gasteiger partial charge in [-0.25, -0.2) is 4.98 Å². The molecule has 1 aromatic rings. The third-order valence-corrected chi connectivity index (χ3v) is 4.93. The van der Waals surface area contributed by atoms with Crippen LogP contribution in [0.1, 0.15) is 47.5 Å². The number of nitrogens with one attached hydrogen (secondary N) is 3. The maximum atomic E-state index is 12.0. The summed E-state index contributed by atoms with van der Waals surface area (Å²) in [7, 11) is 1.76. The molecule has 1 aliphatic carbocycles. The van der Waals surface area contributed by atoms with E-state index < -0.39 is 0 Å². The Labute approximate surface area is 171 Å². The summed E-state index contributed by atoms with van der Waals surface area (Å²) in [6.07, 6.45) is 8.54. The molecule has 25 heavy (non-hydrogen) atoms. The van der Waals surface area contributed by atoms with E-state index in [4.69, 9.17) is 0 Å².